The van der Waals surface area contributed by atoms with Gasteiger partial charge in [0.1, 0.15) is 12.6 Å². The van der Waals surface area contributed by atoms with Crippen LogP contribution in [-0.4, -0.2) is 48.7 Å². The van der Waals surface area contributed by atoms with Crippen molar-refractivity contribution < 1.29 is 19.1 Å². The van der Waals surface area contributed by atoms with Crippen molar-refractivity contribution in [2.24, 2.45) is 0 Å². The van der Waals surface area contributed by atoms with E-state index in [9.17, 15) is 9.59 Å². The normalized spacial score (nSPS) is 12.6. The van der Waals surface area contributed by atoms with Gasteiger partial charge in [-0.1, -0.05) is 66.2 Å². The SMILES string of the molecule is O=C(NCc1ccccc1)[C@@H](c1c[nH]c2ccccc12)N(Cc1ccc2c(c1)OCO2)C(=O)Cn1nnc(-c2ccc(Cl)cc2)n1. The molecule has 0 saturated carbocycles. The number of aromatic nitrogens is 5. The number of para-hydroxylation sites is 1. The molecule has 2 aromatic heterocycles. The van der Waals surface area contributed by atoms with Gasteiger partial charge in [0, 0.05) is 46.3 Å². The number of hydrogen-bond donors (Lipinski definition) is 2. The number of carbonyl (C=O) groups excluding carboxylic acids is 2. The summed E-state index contributed by atoms with van der Waals surface area (Å²) in [7, 11) is 0. The molecule has 2 amide bonds. The number of amides is 2. The molecule has 2 N–H and O–H groups in total. The van der Waals surface area contributed by atoms with Crippen molar-refractivity contribution in [3.63, 3.8) is 0 Å². The van der Waals surface area contributed by atoms with Crippen LogP contribution < -0.4 is 14.8 Å². The largest absolute Gasteiger partial charge is 0.454 e. The maximum absolute atomic E-state index is 14.3. The third kappa shape index (κ3) is 6.13. The summed E-state index contributed by atoms with van der Waals surface area (Å²) >= 11 is 6.04. The molecular formula is C34H28ClN7O4. The van der Waals surface area contributed by atoms with Gasteiger partial charge in [0.2, 0.25) is 24.4 Å². The van der Waals surface area contributed by atoms with Crippen LogP contribution in [0.15, 0.2) is 103 Å². The number of rotatable bonds is 10. The van der Waals surface area contributed by atoms with Gasteiger partial charge in [-0.05, 0) is 58.8 Å². The number of hydrogen-bond acceptors (Lipinski definition) is 7. The number of ether oxygens (including phenoxy) is 2. The minimum atomic E-state index is -1.00. The molecule has 230 valence electrons. The predicted octanol–water partition coefficient (Wildman–Crippen LogP) is 5.29. The Hall–Kier alpha value is -5.68. The average molecular weight is 634 g/mol. The lowest BCUT2D eigenvalue weighted by molar-refractivity contribution is -0.142. The summed E-state index contributed by atoms with van der Waals surface area (Å²) in [5, 5.41) is 17.2. The highest BCUT2D eigenvalue weighted by molar-refractivity contribution is 6.30. The van der Waals surface area contributed by atoms with Crippen molar-refractivity contribution in [1.82, 2.24) is 35.4 Å². The third-order valence-electron chi connectivity index (χ3n) is 7.73. The Balaban J connectivity index is 1.25. The maximum Gasteiger partial charge on any atom is 0.247 e. The maximum atomic E-state index is 14.3. The Morgan fingerprint density at radius 2 is 1.72 bits per heavy atom. The quantitative estimate of drug-likeness (QED) is 0.210. The number of aromatic amines is 1. The average Bonchev–Trinajstić information content (AvgIpc) is 3.85. The zero-order valence-corrected chi connectivity index (χ0v) is 25.2. The van der Waals surface area contributed by atoms with Crippen LogP contribution in [0.3, 0.4) is 0 Å². The van der Waals surface area contributed by atoms with Crippen LogP contribution in [0.4, 0.5) is 0 Å². The standard InChI is InChI=1S/C34H28ClN7O4/c35-25-13-11-24(12-14-25)33-38-40-42(39-33)20-31(43)41(19-23-10-15-29-30(16-23)46-21-45-29)32(27-18-36-28-9-5-4-8-26(27)28)34(44)37-17-22-6-2-1-3-7-22/h1-16,18,32,36H,17,19-21H2,(H,37,44)/t32-/m1/s1. The number of benzene rings is 4. The van der Waals surface area contributed by atoms with Gasteiger partial charge in [0.25, 0.3) is 0 Å². The Morgan fingerprint density at radius 1 is 0.935 bits per heavy atom. The molecule has 0 fully saturated rings. The lowest BCUT2D eigenvalue weighted by Gasteiger charge is -2.31. The Kier molecular flexibility index (Phi) is 8.05. The highest BCUT2D eigenvalue weighted by Crippen LogP contribution is 2.35. The second kappa shape index (κ2) is 12.7. The summed E-state index contributed by atoms with van der Waals surface area (Å²) in [6.07, 6.45) is 1.78. The minimum Gasteiger partial charge on any atom is -0.454 e. The number of H-pyrrole nitrogens is 1. The Labute approximate surface area is 268 Å². The molecule has 0 bridgehead atoms. The summed E-state index contributed by atoms with van der Waals surface area (Å²) in [5.74, 6) is 0.823. The molecule has 6 aromatic rings. The molecule has 0 saturated heterocycles. The van der Waals surface area contributed by atoms with Crippen LogP contribution in [0.5, 0.6) is 11.5 Å². The first kappa shape index (κ1) is 29.1. The monoisotopic (exact) mass is 633 g/mol. The van der Waals surface area contributed by atoms with Crippen molar-refractivity contribution in [1.29, 1.82) is 0 Å². The molecule has 0 aliphatic carbocycles. The van der Waals surface area contributed by atoms with Crippen molar-refractivity contribution in [3.8, 4) is 22.9 Å². The van der Waals surface area contributed by atoms with Gasteiger partial charge in [-0.25, -0.2) is 0 Å². The first-order valence-corrected chi connectivity index (χ1v) is 15.0. The molecule has 46 heavy (non-hydrogen) atoms. The predicted molar refractivity (Wildman–Crippen MR) is 171 cm³/mol. The van der Waals surface area contributed by atoms with E-state index in [-0.39, 0.29) is 31.7 Å². The fourth-order valence-corrected chi connectivity index (χ4v) is 5.57. The fraction of sp³-hybridized carbons (Fsp3) is 0.147. The fourth-order valence-electron chi connectivity index (χ4n) is 5.45. The van der Waals surface area contributed by atoms with Gasteiger partial charge in [0.15, 0.2) is 11.5 Å². The van der Waals surface area contributed by atoms with Crippen LogP contribution >= 0.6 is 11.6 Å². The summed E-state index contributed by atoms with van der Waals surface area (Å²) < 4.78 is 11.1. The second-order valence-corrected chi connectivity index (χ2v) is 11.2. The van der Waals surface area contributed by atoms with Crippen LogP contribution in [0, 0.1) is 0 Å². The first-order valence-electron chi connectivity index (χ1n) is 14.6. The number of carbonyl (C=O) groups is 2. The van der Waals surface area contributed by atoms with E-state index in [1.54, 1.807) is 41.4 Å². The van der Waals surface area contributed by atoms with Crippen LogP contribution in [0.25, 0.3) is 22.3 Å². The molecule has 3 heterocycles. The lowest BCUT2D eigenvalue weighted by atomic mass is 10.0. The molecule has 7 rings (SSSR count). The summed E-state index contributed by atoms with van der Waals surface area (Å²) in [6, 6.07) is 28.8. The Bertz CT molecular complexity index is 2010. The van der Waals surface area contributed by atoms with Gasteiger partial charge < -0.3 is 24.7 Å². The number of nitrogens with zero attached hydrogens (tertiary/aromatic N) is 5. The number of halogens is 1. The van der Waals surface area contributed by atoms with E-state index < -0.39 is 6.04 Å². The van der Waals surface area contributed by atoms with Crippen molar-refractivity contribution >= 4 is 34.3 Å². The molecule has 12 heteroatoms. The van der Waals surface area contributed by atoms with Crippen LogP contribution in [0.1, 0.15) is 22.7 Å². The van der Waals surface area contributed by atoms with Crippen LogP contribution in [-0.2, 0) is 29.2 Å². The van der Waals surface area contributed by atoms with Gasteiger partial charge >= 0.3 is 0 Å². The van der Waals surface area contributed by atoms with Gasteiger partial charge in [0.05, 0.1) is 0 Å². The molecule has 1 atom stereocenters. The van der Waals surface area contributed by atoms with Gasteiger partial charge in [-0.2, -0.15) is 4.80 Å². The van der Waals surface area contributed by atoms with Crippen molar-refractivity contribution in [3.05, 3.63) is 125 Å². The molecule has 11 nitrogen and oxygen atoms in total. The number of tetrazole rings is 1. The molecule has 0 spiro atoms. The van der Waals surface area contributed by atoms with E-state index in [0.29, 0.717) is 40.0 Å². The zero-order chi connectivity index (χ0) is 31.5. The summed E-state index contributed by atoms with van der Waals surface area (Å²) in [5.41, 5.74) is 3.90. The molecule has 1 aliphatic rings. The van der Waals surface area contributed by atoms with E-state index in [4.69, 9.17) is 21.1 Å². The second-order valence-electron chi connectivity index (χ2n) is 10.8. The minimum absolute atomic E-state index is 0.0944. The van der Waals surface area contributed by atoms with E-state index in [2.05, 4.69) is 25.7 Å². The van der Waals surface area contributed by atoms with E-state index in [0.717, 1.165) is 22.0 Å². The first-order chi connectivity index (χ1) is 22.5. The number of fused-ring (bicyclic) bond motifs is 2. The number of nitrogens with one attached hydrogen (secondary N) is 2. The van der Waals surface area contributed by atoms with Gasteiger partial charge in [-0.15, -0.1) is 10.2 Å². The van der Waals surface area contributed by atoms with Crippen molar-refractivity contribution in [2.75, 3.05) is 6.79 Å². The Morgan fingerprint density at radius 3 is 2.57 bits per heavy atom. The van der Waals surface area contributed by atoms with Gasteiger partial charge in [-0.3, -0.25) is 9.59 Å². The highest BCUT2D eigenvalue weighted by atomic mass is 35.5. The van der Waals surface area contributed by atoms with E-state index in [1.807, 2.05) is 66.7 Å². The summed E-state index contributed by atoms with van der Waals surface area (Å²) in [6.45, 7) is 0.252. The molecular weight excluding hydrogens is 606 g/mol. The summed E-state index contributed by atoms with van der Waals surface area (Å²) in [4.78, 5) is 34.6. The molecule has 1 aliphatic heterocycles. The molecule has 4 aromatic carbocycles. The van der Waals surface area contributed by atoms with Crippen molar-refractivity contribution in [2.45, 2.75) is 25.7 Å². The topological polar surface area (TPSA) is 127 Å². The van der Waals surface area contributed by atoms with E-state index >= 15 is 0 Å². The molecule has 0 unspecified atom stereocenters. The van der Waals surface area contributed by atoms with Crippen LogP contribution in [0.2, 0.25) is 5.02 Å². The van der Waals surface area contributed by atoms with E-state index in [1.165, 1.54) is 4.80 Å². The smallest absolute Gasteiger partial charge is 0.247 e. The molecule has 0 radical (unpaired) electrons. The zero-order valence-electron chi connectivity index (χ0n) is 24.5. The third-order valence-corrected chi connectivity index (χ3v) is 7.98. The highest BCUT2D eigenvalue weighted by Gasteiger charge is 2.34. The lowest BCUT2D eigenvalue weighted by Crippen LogP contribution is -2.44.